The van der Waals surface area contributed by atoms with E-state index >= 15 is 0 Å². The van der Waals surface area contributed by atoms with E-state index in [2.05, 4.69) is 6.07 Å². The Kier molecular flexibility index (Phi) is 4.80. The molecule has 1 aliphatic heterocycles. The molecule has 6 atom stereocenters. The zero-order valence-corrected chi connectivity index (χ0v) is 18.6. The SMILES string of the molecule is COc1ccc2c3c1O[C@H]1C(OC(=O)[C@H](C)OC(=O)[C@H](C)N)=CC[C@@]4(O)[C@H](CCC[C@]314)C2. The van der Waals surface area contributed by atoms with E-state index in [4.69, 9.17) is 24.7 Å². The van der Waals surface area contributed by atoms with Crippen LogP contribution in [0, 0.1) is 5.92 Å². The van der Waals surface area contributed by atoms with Gasteiger partial charge in [0.2, 0.25) is 0 Å². The average molecular weight is 443 g/mol. The first-order chi connectivity index (χ1) is 15.2. The van der Waals surface area contributed by atoms with E-state index in [1.807, 2.05) is 6.07 Å². The second-order valence-corrected chi connectivity index (χ2v) is 9.42. The zero-order chi connectivity index (χ0) is 22.8. The summed E-state index contributed by atoms with van der Waals surface area (Å²) in [6.45, 7) is 2.93. The number of nitrogens with two attached hydrogens (primary N) is 1. The number of methoxy groups -OCH3 is 1. The number of esters is 2. The van der Waals surface area contributed by atoms with Crippen molar-refractivity contribution in [2.75, 3.05) is 7.11 Å². The van der Waals surface area contributed by atoms with Crippen LogP contribution in [0.2, 0.25) is 0 Å². The number of hydrogen-bond acceptors (Lipinski definition) is 8. The Morgan fingerprint density at radius 1 is 1.28 bits per heavy atom. The van der Waals surface area contributed by atoms with Gasteiger partial charge in [0.25, 0.3) is 0 Å². The first-order valence-corrected chi connectivity index (χ1v) is 11.2. The van der Waals surface area contributed by atoms with Gasteiger partial charge in [0, 0.05) is 5.56 Å². The van der Waals surface area contributed by atoms with Gasteiger partial charge in [-0.05, 0) is 63.2 Å². The van der Waals surface area contributed by atoms with Gasteiger partial charge in [-0.2, -0.15) is 0 Å². The quantitative estimate of drug-likeness (QED) is 0.663. The minimum absolute atomic E-state index is 0.105. The minimum Gasteiger partial charge on any atom is -0.493 e. The number of ether oxygens (including phenoxy) is 4. The first kappa shape index (κ1) is 21.3. The van der Waals surface area contributed by atoms with Crippen LogP contribution >= 0.6 is 0 Å². The van der Waals surface area contributed by atoms with Crippen LogP contribution in [0.15, 0.2) is 24.0 Å². The van der Waals surface area contributed by atoms with Crippen molar-refractivity contribution in [3.05, 3.63) is 35.1 Å². The molecule has 5 rings (SSSR count). The maximum Gasteiger partial charge on any atom is 0.352 e. The fraction of sp³-hybridized carbons (Fsp3) is 0.583. The predicted octanol–water partition coefficient (Wildman–Crippen LogP) is 1.89. The number of rotatable bonds is 5. The van der Waals surface area contributed by atoms with Crippen LogP contribution in [0.3, 0.4) is 0 Å². The average Bonchev–Trinajstić information content (AvgIpc) is 3.10. The van der Waals surface area contributed by atoms with E-state index in [1.54, 1.807) is 13.2 Å². The summed E-state index contributed by atoms with van der Waals surface area (Å²) in [5.74, 6) is 0.282. The number of hydrogen-bond donors (Lipinski definition) is 2. The molecule has 1 spiro atoms. The highest BCUT2D eigenvalue weighted by atomic mass is 16.6. The second kappa shape index (κ2) is 7.22. The standard InChI is InChI=1S/C24H29NO7/c1-12(25)21(26)30-13(2)22(27)31-17-8-10-24(28)15-5-4-9-23(24)18-14(11-15)6-7-16(29-3)19(18)32-20(17)23/h6-8,12-13,15,20,28H,4-5,9-11,25H2,1-3H3/t12-,13-,15+,20-,23-,24+/m0/s1. The highest BCUT2D eigenvalue weighted by Gasteiger charge is 2.71. The fourth-order valence-electron chi connectivity index (χ4n) is 6.21. The third kappa shape index (κ3) is 2.69. The molecule has 0 radical (unpaired) electrons. The molecule has 3 aliphatic carbocycles. The number of benzene rings is 1. The predicted molar refractivity (Wildman–Crippen MR) is 113 cm³/mol. The summed E-state index contributed by atoms with van der Waals surface area (Å²) in [6, 6.07) is 3.11. The molecule has 8 heteroatoms. The smallest absolute Gasteiger partial charge is 0.352 e. The van der Waals surface area contributed by atoms with Gasteiger partial charge in [-0.15, -0.1) is 0 Å². The van der Waals surface area contributed by atoms with Gasteiger partial charge in [-0.1, -0.05) is 12.5 Å². The van der Waals surface area contributed by atoms with E-state index in [9.17, 15) is 14.7 Å². The van der Waals surface area contributed by atoms with E-state index in [1.165, 1.54) is 13.8 Å². The molecule has 8 nitrogen and oxygen atoms in total. The highest BCUT2D eigenvalue weighted by molar-refractivity contribution is 5.82. The van der Waals surface area contributed by atoms with Crippen LogP contribution in [0.25, 0.3) is 0 Å². The van der Waals surface area contributed by atoms with Crippen molar-refractivity contribution in [3.8, 4) is 11.5 Å². The van der Waals surface area contributed by atoms with Crippen molar-refractivity contribution in [1.82, 2.24) is 0 Å². The van der Waals surface area contributed by atoms with Crippen LogP contribution in [-0.4, -0.2) is 48.0 Å². The largest absolute Gasteiger partial charge is 0.493 e. The van der Waals surface area contributed by atoms with Gasteiger partial charge >= 0.3 is 11.9 Å². The molecule has 1 heterocycles. The zero-order valence-electron chi connectivity index (χ0n) is 18.6. The van der Waals surface area contributed by atoms with Crippen molar-refractivity contribution in [2.24, 2.45) is 11.7 Å². The van der Waals surface area contributed by atoms with Crippen LogP contribution in [0.5, 0.6) is 11.5 Å². The molecule has 0 amide bonds. The second-order valence-electron chi connectivity index (χ2n) is 9.42. The molecule has 3 N–H and O–H groups in total. The van der Waals surface area contributed by atoms with Gasteiger partial charge in [0.15, 0.2) is 23.7 Å². The molecule has 2 bridgehead atoms. The van der Waals surface area contributed by atoms with E-state index < -0.39 is 41.2 Å². The molecular formula is C24H29NO7. The maximum absolute atomic E-state index is 12.7. The summed E-state index contributed by atoms with van der Waals surface area (Å²) in [6.07, 6.45) is 3.75. The molecule has 32 heavy (non-hydrogen) atoms. The third-order valence-corrected chi connectivity index (χ3v) is 7.68. The number of aliphatic hydroxyl groups is 1. The Labute approximate surface area is 186 Å². The lowest BCUT2D eigenvalue weighted by molar-refractivity contribution is -0.171. The summed E-state index contributed by atoms with van der Waals surface area (Å²) < 4.78 is 22.8. The minimum atomic E-state index is -1.12. The van der Waals surface area contributed by atoms with Crippen LogP contribution < -0.4 is 15.2 Å². The third-order valence-electron chi connectivity index (χ3n) is 7.68. The van der Waals surface area contributed by atoms with Gasteiger partial charge in [0.05, 0.1) is 18.1 Å². The van der Waals surface area contributed by atoms with Crippen LogP contribution in [-0.2, 0) is 30.9 Å². The summed E-state index contributed by atoms with van der Waals surface area (Å²) in [4.78, 5) is 24.5. The Hall–Kier alpha value is -2.58. The maximum atomic E-state index is 12.7. The molecule has 1 saturated carbocycles. The van der Waals surface area contributed by atoms with Crippen molar-refractivity contribution in [2.45, 2.75) is 75.2 Å². The molecule has 1 aromatic rings. The summed E-state index contributed by atoms with van der Waals surface area (Å²) in [5, 5.41) is 12.0. The van der Waals surface area contributed by atoms with Gasteiger partial charge in [-0.25, -0.2) is 4.79 Å². The molecule has 1 fully saturated rings. The van der Waals surface area contributed by atoms with Gasteiger partial charge in [0.1, 0.15) is 11.8 Å². The summed E-state index contributed by atoms with van der Waals surface area (Å²) >= 11 is 0. The van der Waals surface area contributed by atoms with Crippen molar-refractivity contribution >= 4 is 11.9 Å². The summed E-state index contributed by atoms with van der Waals surface area (Å²) in [5.41, 5.74) is 5.98. The lowest BCUT2D eigenvalue weighted by Gasteiger charge is -2.59. The molecular weight excluding hydrogens is 414 g/mol. The van der Waals surface area contributed by atoms with Crippen molar-refractivity contribution in [3.63, 3.8) is 0 Å². The number of carbonyl (C=O) groups is 2. The monoisotopic (exact) mass is 443 g/mol. The molecule has 0 unspecified atom stereocenters. The van der Waals surface area contributed by atoms with Crippen LogP contribution in [0.4, 0.5) is 0 Å². The van der Waals surface area contributed by atoms with Crippen molar-refractivity contribution in [1.29, 1.82) is 0 Å². The molecule has 0 aromatic heterocycles. The molecule has 4 aliphatic rings. The van der Waals surface area contributed by atoms with Crippen LogP contribution in [0.1, 0.15) is 50.7 Å². The van der Waals surface area contributed by atoms with E-state index in [-0.39, 0.29) is 5.92 Å². The molecule has 172 valence electrons. The number of carbonyl (C=O) groups excluding carboxylic acids is 2. The lowest BCUT2D eigenvalue weighted by Crippen LogP contribution is -2.67. The Bertz CT molecular complexity index is 1020. The Morgan fingerprint density at radius 2 is 2.06 bits per heavy atom. The topological polar surface area (TPSA) is 117 Å². The van der Waals surface area contributed by atoms with E-state index in [0.29, 0.717) is 23.7 Å². The lowest BCUT2D eigenvalue weighted by atomic mass is 9.47. The Balaban J connectivity index is 1.52. The van der Waals surface area contributed by atoms with Gasteiger partial charge in [-0.3, -0.25) is 4.79 Å². The van der Waals surface area contributed by atoms with Crippen molar-refractivity contribution < 1.29 is 33.6 Å². The first-order valence-electron chi connectivity index (χ1n) is 11.2. The Morgan fingerprint density at radius 3 is 2.78 bits per heavy atom. The normalized spacial score (nSPS) is 33.2. The summed E-state index contributed by atoms with van der Waals surface area (Å²) in [7, 11) is 1.59. The molecule has 1 aromatic carbocycles. The molecule has 0 saturated heterocycles. The fourth-order valence-corrected chi connectivity index (χ4v) is 6.21. The highest BCUT2D eigenvalue weighted by Crippen LogP contribution is 2.67. The van der Waals surface area contributed by atoms with E-state index in [0.717, 1.165) is 36.8 Å². The van der Waals surface area contributed by atoms with Gasteiger partial charge < -0.3 is 29.8 Å².